The standard InChI is InChI=1S/C13H16BClF3NO3/c1-11(2)12(3,4)22-14(21-11)8-5-9(15)10(19-6-8)20-7-13(16,17)18/h5-6H,7H2,1-4H3. The van der Waals surface area contributed by atoms with Gasteiger partial charge in [0.2, 0.25) is 5.88 Å². The maximum atomic E-state index is 12.1. The third-order valence-corrected chi connectivity index (χ3v) is 4.00. The summed E-state index contributed by atoms with van der Waals surface area (Å²) >= 11 is 5.91. The number of ether oxygens (including phenoxy) is 1. The van der Waals surface area contributed by atoms with Crippen molar-refractivity contribution in [3.8, 4) is 5.88 Å². The van der Waals surface area contributed by atoms with Crippen LogP contribution in [0.1, 0.15) is 27.7 Å². The lowest BCUT2D eigenvalue weighted by Gasteiger charge is -2.32. The number of alkyl halides is 3. The summed E-state index contributed by atoms with van der Waals surface area (Å²) in [7, 11) is -0.688. The highest BCUT2D eigenvalue weighted by atomic mass is 35.5. The summed E-state index contributed by atoms with van der Waals surface area (Å²) in [5.41, 5.74) is -0.548. The van der Waals surface area contributed by atoms with Gasteiger partial charge >= 0.3 is 13.3 Å². The second-order valence-corrected chi connectivity index (χ2v) is 6.45. The molecule has 0 spiro atoms. The van der Waals surface area contributed by atoms with E-state index in [0.717, 1.165) is 0 Å². The van der Waals surface area contributed by atoms with E-state index >= 15 is 0 Å². The zero-order valence-corrected chi connectivity index (χ0v) is 13.4. The van der Waals surface area contributed by atoms with E-state index in [-0.39, 0.29) is 10.9 Å². The molecule has 0 atom stereocenters. The fraction of sp³-hybridized carbons (Fsp3) is 0.615. The van der Waals surface area contributed by atoms with Gasteiger partial charge in [-0.2, -0.15) is 13.2 Å². The number of hydrogen-bond donors (Lipinski definition) is 0. The van der Waals surface area contributed by atoms with Crippen molar-refractivity contribution in [2.24, 2.45) is 0 Å². The number of pyridine rings is 1. The molecule has 4 nitrogen and oxygen atoms in total. The summed E-state index contributed by atoms with van der Waals surface area (Å²) in [6, 6.07) is 1.43. The van der Waals surface area contributed by atoms with Crippen LogP contribution in [0.2, 0.25) is 5.02 Å². The van der Waals surface area contributed by atoms with Crippen LogP contribution in [0, 0.1) is 0 Å². The van der Waals surface area contributed by atoms with E-state index in [9.17, 15) is 13.2 Å². The van der Waals surface area contributed by atoms with Gasteiger partial charge < -0.3 is 14.0 Å². The van der Waals surface area contributed by atoms with Crippen molar-refractivity contribution >= 4 is 24.2 Å². The molecule has 0 aromatic carbocycles. The number of hydrogen-bond acceptors (Lipinski definition) is 4. The Kier molecular flexibility index (Phi) is 4.41. The molecule has 0 aliphatic carbocycles. The van der Waals surface area contributed by atoms with Gasteiger partial charge in [-0.1, -0.05) is 11.6 Å². The highest BCUT2D eigenvalue weighted by Gasteiger charge is 2.51. The maximum absolute atomic E-state index is 12.1. The molecule has 0 bridgehead atoms. The molecule has 1 aromatic heterocycles. The lowest BCUT2D eigenvalue weighted by Crippen LogP contribution is -2.41. The van der Waals surface area contributed by atoms with Crippen molar-refractivity contribution in [3.63, 3.8) is 0 Å². The molecule has 1 aromatic rings. The van der Waals surface area contributed by atoms with Gasteiger partial charge in [-0.05, 0) is 33.8 Å². The van der Waals surface area contributed by atoms with Crippen LogP contribution in [0.5, 0.6) is 5.88 Å². The van der Waals surface area contributed by atoms with Crippen molar-refractivity contribution in [2.75, 3.05) is 6.61 Å². The van der Waals surface area contributed by atoms with Crippen LogP contribution in [0.15, 0.2) is 12.3 Å². The van der Waals surface area contributed by atoms with Crippen molar-refractivity contribution < 1.29 is 27.2 Å². The van der Waals surface area contributed by atoms with Gasteiger partial charge in [0, 0.05) is 11.7 Å². The highest BCUT2D eigenvalue weighted by molar-refractivity contribution is 6.62. The van der Waals surface area contributed by atoms with Gasteiger partial charge in [0.05, 0.1) is 11.2 Å². The van der Waals surface area contributed by atoms with Crippen molar-refractivity contribution in [1.29, 1.82) is 0 Å². The predicted molar refractivity (Wildman–Crippen MR) is 76.5 cm³/mol. The Morgan fingerprint density at radius 3 is 2.23 bits per heavy atom. The van der Waals surface area contributed by atoms with Gasteiger partial charge in [0.1, 0.15) is 5.02 Å². The summed E-state index contributed by atoms with van der Waals surface area (Å²) < 4.78 is 52.6. The van der Waals surface area contributed by atoms with Gasteiger partial charge in [0.15, 0.2) is 6.61 Å². The van der Waals surface area contributed by atoms with Crippen molar-refractivity contribution in [2.45, 2.75) is 45.1 Å². The fourth-order valence-corrected chi connectivity index (χ4v) is 2.03. The Hall–Kier alpha value is -0.985. The average Bonchev–Trinajstić information content (AvgIpc) is 2.56. The molecule has 0 unspecified atom stereocenters. The van der Waals surface area contributed by atoms with Crippen LogP contribution >= 0.6 is 11.6 Å². The van der Waals surface area contributed by atoms with Gasteiger partial charge in [-0.3, -0.25) is 0 Å². The number of nitrogens with zero attached hydrogens (tertiary/aromatic N) is 1. The number of aromatic nitrogens is 1. The predicted octanol–water partition coefficient (Wildman–Crippen LogP) is 2.98. The summed E-state index contributed by atoms with van der Waals surface area (Å²) in [6.07, 6.45) is -3.12. The Morgan fingerprint density at radius 1 is 1.23 bits per heavy atom. The van der Waals surface area contributed by atoms with Gasteiger partial charge in [-0.15, -0.1) is 0 Å². The third kappa shape index (κ3) is 3.67. The average molecular weight is 338 g/mol. The Balaban J connectivity index is 2.14. The van der Waals surface area contributed by atoms with E-state index in [2.05, 4.69) is 9.72 Å². The molecule has 22 heavy (non-hydrogen) atoms. The molecule has 1 aliphatic heterocycles. The first kappa shape index (κ1) is 17.4. The van der Waals surface area contributed by atoms with E-state index in [1.54, 1.807) is 0 Å². The molecule has 1 aliphatic rings. The lowest BCUT2D eigenvalue weighted by atomic mass is 9.80. The third-order valence-electron chi connectivity index (χ3n) is 3.73. The topological polar surface area (TPSA) is 40.6 Å². The first-order valence-electron chi connectivity index (χ1n) is 6.62. The molecule has 9 heteroatoms. The molecular formula is C13H16BClF3NO3. The molecule has 122 valence electrons. The zero-order chi connectivity index (χ0) is 16.8. The molecular weight excluding hydrogens is 321 g/mol. The minimum atomic E-state index is -4.45. The largest absolute Gasteiger partial charge is 0.496 e. The Morgan fingerprint density at radius 2 is 1.77 bits per heavy atom. The van der Waals surface area contributed by atoms with Crippen LogP contribution < -0.4 is 10.2 Å². The minimum Gasteiger partial charge on any atom is -0.467 e. The van der Waals surface area contributed by atoms with Crippen LogP contribution in [-0.4, -0.2) is 36.1 Å². The van der Waals surface area contributed by atoms with Crippen molar-refractivity contribution in [3.05, 3.63) is 17.3 Å². The van der Waals surface area contributed by atoms with E-state index in [1.807, 2.05) is 27.7 Å². The summed E-state index contributed by atoms with van der Waals surface area (Å²) in [5.74, 6) is -0.278. The molecule has 2 rings (SSSR count). The summed E-state index contributed by atoms with van der Waals surface area (Å²) in [5, 5.41) is -0.0311. The van der Waals surface area contributed by atoms with Crippen LogP contribution in [0.25, 0.3) is 0 Å². The smallest absolute Gasteiger partial charge is 0.467 e. The summed E-state index contributed by atoms with van der Waals surface area (Å²) in [4.78, 5) is 3.81. The van der Waals surface area contributed by atoms with Gasteiger partial charge in [0.25, 0.3) is 0 Å². The minimum absolute atomic E-state index is 0.0311. The molecule has 0 amide bonds. The second kappa shape index (κ2) is 5.58. The molecule has 0 N–H and O–H groups in total. The first-order chi connectivity index (χ1) is 9.91. The van der Waals surface area contributed by atoms with Crippen molar-refractivity contribution in [1.82, 2.24) is 4.98 Å². The van der Waals surface area contributed by atoms with Crippen LogP contribution in [-0.2, 0) is 9.31 Å². The lowest BCUT2D eigenvalue weighted by molar-refractivity contribution is -0.154. The first-order valence-corrected chi connectivity index (χ1v) is 7.00. The van der Waals surface area contributed by atoms with E-state index in [0.29, 0.717) is 5.46 Å². The number of halogens is 4. The highest BCUT2D eigenvalue weighted by Crippen LogP contribution is 2.36. The van der Waals surface area contributed by atoms with Crippen LogP contribution in [0.3, 0.4) is 0 Å². The molecule has 0 saturated carbocycles. The van der Waals surface area contributed by atoms with Gasteiger partial charge in [-0.25, -0.2) is 4.98 Å². The Bertz CT molecular complexity index is 550. The normalized spacial score (nSPS) is 20.3. The summed E-state index contributed by atoms with van der Waals surface area (Å²) in [6.45, 7) is 6.12. The van der Waals surface area contributed by atoms with E-state index in [4.69, 9.17) is 20.9 Å². The number of rotatable bonds is 3. The fourth-order valence-electron chi connectivity index (χ4n) is 1.80. The SMILES string of the molecule is CC1(C)OB(c2cnc(OCC(F)(F)F)c(Cl)c2)OC1(C)C. The molecule has 0 radical (unpaired) electrons. The van der Waals surface area contributed by atoms with Crippen LogP contribution in [0.4, 0.5) is 13.2 Å². The quantitative estimate of drug-likeness (QED) is 0.795. The Labute approximate surface area is 132 Å². The zero-order valence-electron chi connectivity index (χ0n) is 12.6. The second-order valence-electron chi connectivity index (χ2n) is 6.05. The molecule has 2 heterocycles. The van der Waals surface area contributed by atoms with E-state index < -0.39 is 31.1 Å². The maximum Gasteiger partial charge on any atom is 0.496 e. The molecule has 1 fully saturated rings. The molecule has 1 saturated heterocycles. The van der Waals surface area contributed by atoms with E-state index in [1.165, 1.54) is 12.3 Å². The monoisotopic (exact) mass is 337 g/mol.